The van der Waals surface area contributed by atoms with Crippen LogP contribution in [0.5, 0.6) is 0 Å². The summed E-state index contributed by atoms with van der Waals surface area (Å²) in [5, 5.41) is 18.3. The number of nitrogens with zero attached hydrogens (tertiary/aromatic N) is 9. The first-order valence-corrected chi connectivity index (χ1v) is 17.2. The van der Waals surface area contributed by atoms with E-state index in [-0.39, 0.29) is 28.7 Å². The Labute approximate surface area is 336 Å². The number of hydrogen-bond acceptors (Lipinski definition) is 17. The zero-order chi connectivity index (χ0) is 42.5. The minimum absolute atomic E-state index is 0.0327. The van der Waals surface area contributed by atoms with E-state index in [1.54, 1.807) is 94.2 Å². The predicted octanol–water partition coefficient (Wildman–Crippen LogP) is 3.12. The molecule has 6 heterocycles. The Morgan fingerprint density at radius 3 is 1.63 bits per heavy atom. The quantitative estimate of drug-likeness (QED) is 0.0788. The molecule has 0 bridgehead atoms. The second-order valence-corrected chi connectivity index (χ2v) is 12.9. The van der Waals surface area contributed by atoms with E-state index < -0.39 is 29.5 Å². The number of amides is 3. The number of pyridine rings is 4. The first-order chi connectivity index (χ1) is 28.1. The number of alkyl carbamates (subject to hydrolysis) is 1. The molecule has 0 atom stereocenters. The Hall–Kier alpha value is -8.69. The van der Waals surface area contributed by atoms with Gasteiger partial charge in [0.05, 0.1) is 11.1 Å². The van der Waals surface area contributed by atoms with Gasteiger partial charge in [0.25, 0.3) is 11.8 Å². The lowest BCUT2D eigenvalue weighted by Gasteiger charge is -2.19. The molecule has 0 aromatic carbocycles. The van der Waals surface area contributed by atoms with Crippen molar-refractivity contribution in [3.8, 4) is 22.3 Å². The zero-order valence-electron chi connectivity index (χ0n) is 31.7. The SMILES string of the molecule is CC(C)(C)OC(=O)NC(=N)NC(=O)c1cc(-c2ccnc(Nc3ccncn3)c2)cnc1N.NC(N)=NC(=O)c1cc(-c2ccnc(Nc3ccncn3)c2)cnc1N. The van der Waals surface area contributed by atoms with Crippen molar-refractivity contribution in [2.24, 2.45) is 16.5 Å². The van der Waals surface area contributed by atoms with Crippen molar-refractivity contribution in [3.05, 3.63) is 109 Å². The Morgan fingerprint density at radius 1 is 0.644 bits per heavy atom. The summed E-state index contributed by atoms with van der Waals surface area (Å²) in [4.78, 5) is 72.5. The number of nitrogen functional groups attached to an aromatic ring is 2. The molecule has 0 spiro atoms. The molecule has 0 radical (unpaired) electrons. The molecule has 0 aliphatic heterocycles. The molecule has 22 nitrogen and oxygen atoms in total. The van der Waals surface area contributed by atoms with Crippen LogP contribution in [0.15, 0.2) is 103 Å². The van der Waals surface area contributed by atoms with E-state index in [4.69, 9.17) is 33.1 Å². The van der Waals surface area contributed by atoms with Crippen LogP contribution < -0.4 is 44.2 Å². The van der Waals surface area contributed by atoms with E-state index >= 15 is 0 Å². The standard InChI is InChI=1S/C21H23N9O3.C16H15N9O/c1-21(2,3)33-20(32)30-19(23)29-18(31)14-8-13(10-26-17(14)22)12-4-7-25-16(9-12)28-15-5-6-24-11-27-15;17-14-11(15(26)25-16(18)19)5-10(7-22-14)9-1-4-21-13(6-9)24-12-2-3-20-8-23-12/h4-11H,1-3H3,(H2,22,26)(H,24,25,27,28)(H3,23,29,30,31,32);1-8H,(H2,17,22)(H4,18,19,25,26)(H,20,21,23,24). The number of anilines is 6. The summed E-state index contributed by atoms with van der Waals surface area (Å²) in [6.07, 6.45) is 11.5. The van der Waals surface area contributed by atoms with Gasteiger partial charge in [-0.2, -0.15) is 4.99 Å². The molecule has 3 amide bonds. The Kier molecular flexibility index (Phi) is 13.2. The maximum atomic E-state index is 12.6. The van der Waals surface area contributed by atoms with Crippen LogP contribution in [0.4, 0.5) is 39.7 Å². The molecule has 300 valence electrons. The average Bonchev–Trinajstić information content (AvgIpc) is 3.18. The molecule has 0 aliphatic carbocycles. The molecule has 6 aromatic heterocycles. The van der Waals surface area contributed by atoms with Crippen LogP contribution in [-0.2, 0) is 4.74 Å². The van der Waals surface area contributed by atoms with Crippen LogP contribution in [-0.4, -0.2) is 75.3 Å². The van der Waals surface area contributed by atoms with Gasteiger partial charge in [0.2, 0.25) is 5.96 Å². The number of aromatic nitrogens is 8. The lowest BCUT2D eigenvalue weighted by molar-refractivity contribution is 0.0561. The smallest absolute Gasteiger partial charge is 0.414 e. The summed E-state index contributed by atoms with van der Waals surface area (Å²) in [5.41, 5.74) is 24.2. The molecule has 6 rings (SSSR count). The van der Waals surface area contributed by atoms with E-state index in [1.165, 1.54) is 24.9 Å². The Bertz CT molecular complexity index is 2490. The van der Waals surface area contributed by atoms with E-state index in [0.29, 0.717) is 40.0 Å². The van der Waals surface area contributed by atoms with Crippen LogP contribution in [0.1, 0.15) is 41.5 Å². The van der Waals surface area contributed by atoms with E-state index in [1.807, 2.05) is 0 Å². The number of nitrogens with two attached hydrogens (primary N) is 4. The van der Waals surface area contributed by atoms with Gasteiger partial charge in [0.15, 0.2) is 5.96 Å². The minimum atomic E-state index is -0.867. The fourth-order valence-corrected chi connectivity index (χ4v) is 4.76. The van der Waals surface area contributed by atoms with Gasteiger partial charge < -0.3 is 38.3 Å². The number of hydrogen-bond donors (Lipinski definition) is 9. The normalized spacial score (nSPS) is 10.5. The molecule has 22 heteroatoms. The van der Waals surface area contributed by atoms with Crippen molar-refractivity contribution >= 4 is 64.7 Å². The molecule has 0 saturated carbocycles. The molecule has 13 N–H and O–H groups in total. The molecule has 0 saturated heterocycles. The summed E-state index contributed by atoms with van der Waals surface area (Å²) in [7, 11) is 0. The lowest BCUT2D eigenvalue weighted by atomic mass is 10.1. The minimum Gasteiger partial charge on any atom is -0.444 e. The summed E-state index contributed by atoms with van der Waals surface area (Å²) in [6, 6.07) is 13.6. The third-order valence-corrected chi connectivity index (χ3v) is 7.27. The number of aliphatic imine (C=N–C) groups is 1. The Morgan fingerprint density at radius 2 is 1.15 bits per heavy atom. The maximum absolute atomic E-state index is 12.6. The van der Waals surface area contributed by atoms with Gasteiger partial charge in [-0.1, -0.05) is 0 Å². The molecule has 0 fully saturated rings. The number of rotatable bonds is 8. The monoisotopic (exact) mass is 798 g/mol. The first kappa shape index (κ1) is 41.5. The van der Waals surface area contributed by atoms with Crippen LogP contribution in [0.3, 0.4) is 0 Å². The van der Waals surface area contributed by atoms with Crippen molar-refractivity contribution < 1.29 is 19.1 Å². The highest BCUT2D eigenvalue weighted by Gasteiger charge is 2.20. The van der Waals surface area contributed by atoms with Crippen molar-refractivity contribution in [1.82, 2.24) is 50.5 Å². The maximum Gasteiger partial charge on any atom is 0.414 e. The topological polar surface area (TPSA) is 352 Å². The van der Waals surface area contributed by atoms with Crippen LogP contribution in [0.25, 0.3) is 22.3 Å². The van der Waals surface area contributed by atoms with Crippen molar-refractivity contribution in [2.45, 2.75) is 26.4 Å². The Balaban J connectivity index is 0.000000230. The van der Waals surface area contributed by atoms with Gasteiger partial charge in [-0.25, -0.2) is 44.7 Å². The van der Waals surface area contributed by atoms with E-state index in [0.717, 1.165) is 5.56 Å². The number of carbonyl (C=O) groups excluding carboxylic acids is 3. The number of guanidine groups is 2. The van der Waals surface area contributed by atoms with Gasteiger partial charge in [-0.3, -0.25) is 25.6 Å². The van der Waals surface area contributed by atoms with Gasteiger partial charge in [-0.05, 0) is 80.4 Å². The largest absolute Gasteiger partial charge is 0.444 e. The predicted molar refractivity (Wildman–Crippen MR) is 219 cm³/mol. The van der Waals surface area contributed by atoms with E-state index in [9.17, 15) is 14.4 Å². The third-order valence-electron chi connectivity index (χ3n) is 7.27. The fourth-order valence-electron chi connectivity index (χ4n) is 4.76. The van der Waals surface area contributed by atoms with Crippen molar-refractivity contribution in [3.63, 3.8) is 0 Å². The van der Waals surface area contributed by atoms with Crippen LogP contribution in [0, 0.1) is 5.41 Å². The van der Waals surface area contributed by atoms with E-state index in [2.05, 4.69) is 66.1 Å². The highest BCUT2D eigenvalue weighted by Crippen LogP contribution is 2.26. The lowest BCUT2D eigenvalue weighted by Crippen LogP contribution is -2.45. The zero-order valence-corrected chi connectivity index (χ0v) is 31.7. The van der Waals surface area contributed by atoms with Gasteiger partial charge in [-0.15, -0.1) is 0 Å². The molecular formula is C37H38N18O4. The second-order valence-electron chi connectivity index (χ2n) is 12.9. The molecular weight excluding hydrogens is 761 g/mol. The van der Waals surface area contributed by atoms with Gasteiger partial charge >= 0.3 is 6.09 Å². The van der Waals surface area contributed by atoms with Crippen molar-refractivity contribution in [2.75, 3.05) is 22.1 Å². The fraction of sp³-hybridized carbons (Fsp3) is 0.108. The molecule has 59 heavy (non-hydrogen) atoms. The summed E-state index contributed by atoms with van der Waals surface area (Å²) < 4.78 is 5.05. The highest BCUT2D eigenvalue weighted by molar-refractivity contribution is 6.10. The first-order valence-electron chi connectivity index (χ1n) is 17.2. The van der Waals surface area contributed by atoms with Crippen LogP contribution >= 0.6 is 0 Å². The summed E-state index contributed by atoms with van der Waals surface area (Å²) >= 11 is 0. The summed E-state index contributed by atoms with van der Waals surface area (Å²) in [5.74, 6) is -0.00918. The van der Waals surface area contributed by atoms with Crippen LogP contribution in [0.2, 0.25) is 0 Å². The van der Waals surface area contributed by atoms with Gasteiger partial charge in [0.1, 0.15) is 53.2 Å². The molecule has 0 aliphatic rings. The third kappa shape index (κ3) is 12.4. The molecule has 0 unspecified atom stereocenters. The number of nitrogens with one attached hydrogen (secondary N) is 5. The second kappa shape index (κ2) is 18.8. The number of ether oxygens (including phenoxy) is 1. The van der Waals surface area contributed by atoms with Crippen molar-refractivity contribution in [1.29, 1.82) is 5.41 Å². The number of carbonyl (C=O) groups is 3. The van der Waals surface area contributed by atoms with Gasteiger partial charge in [0, 0.05) is 48.3 Å². The highest BCUT2D eigenvalue weighted by atomic mass is 16.6. The molecule has 6 aromatic rings. The average molecular weight is 799 g/mol. The summed E-state index contributed by atoms with van der Waals surface area (Å²) in [6.45, 7) is 5.04.